The fraction of sp³-hybridized carbons (Fsp3) is 0.0400. The van der Waals surface area contributed by atoms with E-state index in [0.717, 1.165) is 22.1 Å². The third-order valence-corrected chi connectivity index (χ3v) is 5.49. The van der Waals surface area contributed by atoms with Crippen molar-refractivity contribution in [3.63, 3.8) is 0 Å². The standard InChI is InChI=1S/C25H19ClN4/c1-16-23(26)24(28-21-12-10-17-6-2-4-8-19(17)14-21)30-25(27-16)29-22-13-11-18-7-3-5-9-20(18)15-22/h2-15H,1H3,(H2,27,28,29,30). The number of fused-ring (bicyclic) bond motifs is 2. The Labute approximate surface area is 179 Å². The Morgan fingerprint density at radius 1 is 0.633 bits per heavy atom. The molecule has 0 spiro atoms. The molecule has 4 aromatic carbocycles. The molecule has 0 aliphatic carbocycles. The first-order valence-corrected chi connectivity index (χ1v) is 10.1. The van der Waals surface area contributed by atoms with Gasteiger partial charge in [-0.2, -0.15) is 4.98 Å². The van der Waals surface area contributed by atoms with Crippen LogP contribution in [0.1, 0.15) is 5.69 Å². The molecule has 0 saturated heterocycles. The minimum Gasteiger partial charge on any atom is -0.339 e. The van der Waals surface area contributed by atoms with Gasteiger partial charge in [-0.1, -0.05) is 72.3 Å². The van der Waals surface area contributed by atoms with Gasteiger partial charge in [0.2, 0.25) is 5.95 Å². The van der Waals surface area contributed by atoms with Gasteiger partial charge in [0.15, 0.2) is 5.82 Å². The van der Waals surface area contributed by atoms with Crippen LogP contribution in [0, 0.1) is 6.92 Å². The van der Waals surface area contributed by atoms with Crippen molar-refractivity contribution in [2.24, 2.45) is 0 Å². The van der Waals surface area contributed by atoms with Crippen LogP contribution in [0.15, 0.2) is 84.9 Å². The Kier molecular flexibility index (Phi) is 4.69. The molecule has 0 radical (unpaired) electrons. The largest absolute Gasteiger partial charge is 0.339 e. The average molecular weight is 411 g/mol. The van der Waals surface area contributed by atoms with Crippen LogP contribution in [-0.4, -0.2) is 9.97 Å². The molecule has 0 atom stereocenters. The molecule has 5 heteroatoms. The van der Waals surface area contributed by atoms with Gasteiger partial charge in [0, 0.05) is 11.4 Å². The van der Waals surface area contributed by atoms with Gasteiger partial charge in [-0.3, -0.25) is 0 Å². The van der Waals surface area contributed by atoms with Gasteiger partial charge in [-0.15, -0.1) is 0 Å². The van der Waals surface area contributed by atoms with E-state index in [1.165, 1.54) is 10.8 Å². The number of rotatable bonds is 4. The van der Waals surface area contributed by atoms with E-state index >= 15 is 0 Å². The summed E-state index contributed by atoms with van der Waals surface area (Å²) >= 11 is 6.50. The van der Waals surface area contributed by atoms with E-state index in [2.05, 4.69) is 69.1 Å². The predicted octanol–water partition coefficient (Wildman–Crippen LogP) is 7.23. The lowest BCUT2D eigenvalue weighted by atomic mass is 10.1. The number of anilines is 4. The molecule has 5 aromatic rings. The first kappa shape index (κ1) is 18.4. The Balaban J connectivity index is 1.46. The first-order chi connectivity index (χ1) is 14.7. The van der Waals surface area contributed by atoms with Gasteiger partial charge < -0.3 is 10.6 Å². The lowest BCUT2D eigenvalue weighted by Gasteiger charge is -2.13. The van der Waals surface area contributed by atoms with Crippen molar-refractivity contribution in [3.8, 4) is 0 Å². The summed E-state index contributed by atoms with van der Waals surface area (Å²) in [7, 11) is 0. The fourth-order valence-corrected chi connectivity index (χ4v) is 3.63. The number of nitrogens with one attached hydrogen (secondary N) is 2. The van der Waals surface area contributed by atoms with Crippen molar-refractivity contribution >= 4 is 56.3 Å². The summed E-state index contributed by atoms with van der Waals surface area (Å²) in [4.78, 5) is 9.12. The van der Waals surface area contributed by atoms with Crippen molar-refractivity contribution in [1.29, 1.82) is 0 Å². The number of hydrogen-bond donors (Lipinski definition) is 2. The fourth-order valence-electron chi connectivity index (χ4n) is 3.50. The summed E-state index contributed by atoms with van der Waals surface area (Å²) in [6, 6.07) is 28.8. The molecule has 5 rings (SSSR count). The maximum atomic E-state index is 6.50. The normalized spacial score (nSPS) is 11.0. The summed E-state index contributed by atoms with van der Waals surface area (Å²) < 4.78 is 0. The van der Waals surface area contributed by atoms with Gasteiger partial charge in [0.1, 0.15) is 5.02 Å². The summed E-state index contributed by atoms with van der Waals surface area (Å²) in [6.07, 6.45) is 0. The monoisotopic (exact) mass is 410 g/mol. The van der Waals surface area contributed by atoms with Crippen LogP contribution in [0.5, 0.6) is 0 Å². The predicted molar refractivity (Wildman–Crippen MR) is 126 cm³/mol. The maximum Gasteiger partial charge on any atom is 0.229 e. The van der Waals surface area contributed by atoms with Crippen LogP contribution in [0.4, 0.5) is 23.1 Å². The summed E-state index contributed by atoms with van der Waals surface area (Å²) in [5, 5.41) is 11.8. The molecule has 2 N–H and O–H groups in total. The van der Waals surface area contributed by atoms with Gasteiger partial charge in [0.05, 0.1) is 5.69 Å². The number of benzene rings is 4. The third-order valence-electron chi connectivity index (χ3n) is 5.03. The highest BCUT2D eigenvalue weighted by atomic mass is 35.5. The Hall–Kier alpha value is -3.63. The van der Waals surface area contributed by atoms with E-state index in [4.69, 9.17) is 11.6 Å². The molecule has 0 fully saturated rings. The van der Waals surface area contributed by atoms with E-state index in [0.29, 0.717) is 22.5 Å². The highest BCUT2D eigenvalue weighted by Gasteiger charge is 2.11. The molecule has 4 nitrogen and oxygen atoms in total. The van der Waals surface area contributed by atoms with Crippen molar-refractivity contribution in [2.45, 2.75) is 6.92 Å². The number of aryl methyl sites for hydroxylation is 1. The molecule has 0 aliphatic heterocycles. The summed E-state index contributed by atoms with van der Waals surface area (Å²) in [5.41, 5.74) is 2.55. The molecular formula is C25H19ClN4. The van der Waals surface area contributed by atoms with E-state index < -0.39 is 0 Å². The average Bonchev–Trinajstić information content (AvgIpc) is 2.77. The quantitative estimate of drug-likeness (QED) is 0.328. The number of nitrogens with zero attached hydrogens (tertiary/aromatic N) is 2. The van der Waals surface area contributed by atoms with Crippen LogP contribution in [0.3, 0.4) is 0 Å². The molecule has 0 amide bonds. The highest BCUT2D eigenvalue weighted by Crippen LogP contribution is 2.30. The minimum atomic E-state index is 0.496. The van der Waals surface area contributed by atoms with Crippen molar-refractivity contribution in [2.75, 3.05) is 10.6 Å². The second-order valence-corrected chi connectivity index (χ2v) is 7.55. The Morgan fingerprint density at radius 2 is 1.17 bits per heavy atom. The smallest absolute Gasteiger partial charge is 0.229 e. The van der Waals surface area contributed by atoms with Crippen LogP contribution < -0.4 is 10.6 Å². The number of aromatic nitrogens is 2. The SMILES string of the molecule is Cc1nc(Nc2ccc3ccccc3c2)nc(Nc2ccc3ccccc3c2)c1Cl. The molecule has 0 aliphatic rings. The molecule has 30 heavy (non-hydrogen) atoms. The van der Waals surface area contributed by atoms with Crippen molar-refractivity contribution < 1.29 is 0 Å². The molecule has 1 aromatic heterocycles. The number of hydrogen-bond acceptors (Lipinski definition) is 4. The van der Waals surface area contributed by atoms with E-state index in [-0.39, 0.29) is 0 Å². The molecule has 0 saturated carbocycles. The van der Waals surface area contributed by atoms with Gasteiger partial charge >= 0.3 is 0 Å². The van der Waals surface area contributed by atoms with Gasteiger partial charge in [0.25, 0.3) is 0 Å². The third kappa shape index (κ3) is 3.65. The zero-order valence-corrected chi connectivity index (χ0v) is 17.1. The van der Waals surface area contributed by atoms with Crippen LogP contribution in [0.25, 0.3) is 21.5 Å². The Morgan fingerprint density at radius 3 is 1.77 bits per heavy atom. The maximum absolute atomic E-state index is 6.50. The topological polar surface area (TPSA) is 49.8 Å². The van der Waals surface area contributed by atoms with Crippen molar-refractivity contribution in [3.05, 3.63) is 95.6 Å². The molecular weight excluding hydrogens is 392 g/mol. The summed E-state index contributed by atoms with van der Waals surface area (Å²) in [6.45, 7) is 1.88. The van der Waals surface area contributed by atoms with E-state index in [9.17, 15) is 0 Å². The summed E-state index contributed by atoms with van der Waals surface area (Å²) in [5.74, 6) is 1.07. The molecule has 146 valence electrons. The van der Waals surface area contributed by atoms with Crippen LogP contribution in [-0.2, 0) is 0 Å². The first-order valence-electron chi connectivity index (χ1n) is 9.71. The number of halogens is 1. The van der Waals surface area contributed by atoms with E-state index in [1.54, 1.807) is 0 Å². The van der Waals surface area contributed by atoms with Crippen LogP contribution >= 0.6 is 11.6 Å². The van der Waals surface area contributed by atoms with Crippen molar-refractivity contribution in [1.82, 2.24) is 9.97 Å². The zero-order valence-electron chi connectivity index (χ0n) is 16.4. The minimum absolute atomic E-state index is 0.496. The second-order valence-electron chi connectivity index (χ2n) is 7.17. The molecule has 0 bridgehead atoms. The lowest BCUT2D eigenvalue weighted by molar-refractivity contribution is 1.11. The van der Waals surface area contributed by atoms with E-state index in [1.807, 2.05) is 43.3 Å². The van der Waals surface area contributed by atoms with Crippen LogP contribution in [0.2, 0.25) is 5.02 Å². The van der Waals surface area contributed by atoms with Gasteiger partial charge in [-0.05, 0) is 52.7 Å². The molecule has 1 heterocycles. The Bertz CT molecular complexity index is 1380. The highest BCUT2D eigenvalue weighted by molar-refractivity contribution is 6.33. The van der Waals surface area contributed by atoms with Gasteiger partial charge in [-0.25, -0.2) is 4.98 Å². The second kappa shape index (κ2) is 7.65. The molecule has 0 unspecified atom stereocenters. The lowest BCUT2D eigenvalue weighted by Crippen LogP contribution is -2.04. The zero-order chi connectivity index (χ0) is 20.5.